The lowest BCUT2D eigenvalue weighted by molar-refractivity contribution is -0.143. The molecule has 0 spiro atoms. The van der Waals surface area contributed by atoms with Crippen LogP contribution in [-0.2, 0) is 11.3 Å². The Labute approximate surface area is 133 Å². The van der Waals surface area contributed by atoms with Gasteiger partial charge in [-0.25, -0.2) is 0 Å². The van der Waals surface area contributed by atoms with E-state index in [0.29, 0.717) is 11.9 Å². The third kappa shape index (κ3) is 2.60. The number of piperazine rings is 1. The Morgan fingerprint density at radius 2 is 2.05 bits per heavy atom. The van der Waals surface area contributed by atoms with Gasteiger partial charge in [0.1, 0.15) is 5.75 Å². The highest BCUT2D eigenvalue weighted by atomic mass is 16.5. The van der Waals surface area contributed by atoms with Gasteiger partial charge in [0, 0.05) is 25.7 Å². The average molecular weight is 302 g/mol. The SMILES string of the molecule is COc1cc(C)c(CN2C[C@@H]3CCCN3C(=O)[C@H]2C)cc1C. The zero-order valence-electron chi connectivity index (χ0n) is 14.1. The summed E-state index contributed by atoms with van der Waals surface area (Å²) in [5, 5.41) is 0. The summed E-state index contributed by atoms with van der Waals surface area (Å²) in [6.07, 6.45) is 2.30. The molecule has 120 valence electrons. The molecule has 1 amide bonds. The van der Waals surface area contributed by atoms with Crippen LogP contribution in [0.2, 0.25) is 0 Å². The summed E-state index contributed by atoms with van der Waals surface area (Å²) < 4.78 is 5.39. The molecule has 2 saturated heterocycles. The largest absolute Gasteiger partial charge is 0.496 e. The normalized spacial score (nSPS) is 25.5. The Morgan fingerprint density at radius 3 is 2.77 bits per heavy atom. The highest BCUT2D eigenvalue weighted by Crippen LogP contribution is 2.29. The number of methoxy groups -OCH3 is 1. The lowest BCUT2D eigenvalue weighted by Crippen LogP contribution is -2.58. The minimum atomic E-state index is -0.0174. The van der Waals surface area contributed by atoms with E-state index in [1.165, 1.54) is 11.1 Å². The molecule has 0 saturated carbocycles. The van der Waals surface area contributed by atoms with Gasteiger partial charge in [-0.15, -0.1) is 0 Å². The molecule has 2 aliphatic rings. The van der Waals surface area contributed by atoms with E-state index in [1.54, 1.807) is 7.11 Å². The number of ether oxygens (including phenoxy) is 1. The maximum atomic E-state index is 12.5. The van der Waals surface area contributed by atoms with Gasteiger partial charge in [-0.1, -0.05) is 6.07 Å². The standard InChI is InChI=1S/C18H26N2O2/c1-12-9-17(22-4)13(2)8-15(12)10-19-11-16-6-5-7-20(16)18(21)14(19)3/h8-9,14,16H,5-7,10-11H2,1-4H3/t14-,16+/m1/s1. The second kappa shape index (κ2) is 5.92. The van der Waals surface area contributed by atoms with Crippen LogP contribution in [-0.4, -0.2) is 48.0 Å². The number of hydrogen-bond donors (Lipinski definition) is 0. The highest BCUT2D eigenvalue weighted by Gasteiger charge is 2.40. The van der Waals surface area contributed by atoms with E-state index in [9.17, 15) is 4.79 Å². The summed E-state index contributed by atoms with van der Waals surface area (Å²) in [6, 6.07) is 4.70. The summed E-state index contributed by atoms with van der Waals surface area (Å²) in [7, 11) is 1.71. The van der Waals surface area contributed by atoms with Gasteiger partial charge in [-0.05, 0) is 56.4 Å². The van der Waals surface area contributed by atoms with Crippen LogP contribution >= 0.6 is 0 Å². The number of amides is 1. The first-order valence-corrected chi connectivity index (χ1v) is 8.20. The Morgan fingerprint density at radius 1 is 1.27 bits per heavy atom. The van der Waals surface area contributed by atoms with Crippen molar-refractivity contribution in [2.45, 2.75) is 52.2 Å². The Hall–Kier alpha value is -1.55. The number of rotatable bonds is 3. The summed E-state index contributed by atoms with van der Waals surface area (Å²) >= 11 is 0. The molecule has 1 aromatic carbocycles. The van der Waals surface area contributed by atoms with Crippen molar-refractivity contribution in [1.82, 2.24) is 9.80 Å². The zero-order valence-corrected chi connectivity index (χ0v) is 14.1. The van der Waals surface area contributed by atoms with Gasteiger partial charge in [-0.3, -0.25) is 9.69 Å². The van der Waals surface area contributed by atoms with Gasteiger partial charge in [0.05, 0.1) is 13.2 Å². The molecule has 0 N–H and O–H groups in total. The monoisotopic (exact) mass is 302 g/mol. The lowest BCUT2D eigenvalue weighted by atomic mass is 10.0. The van der Waals surface area contributed by atoms with Crippen LogP contribution in [0.4, 0.5) is 0 Å². The first kappa shape index (κ1) is 15.3. The summed E-state index contributed by atoms with van der Waals surface area (Å²) in [4.78, 5) is 17.0. The summed E-state index contributed by atoms with van der Waals surface area (Å²) in [5.74, 6) is 1.24. The fraction of sp³-hybridized carbons (Fsp3) is 0.611. The van der Waals surface area contributed by atoms with Crippen molar-refractivity contribution >= 4 is 5.91 Å². The van der Waals surface area contributed by atoms with E-state index in [2.05, 4.69) is 35.8 Å². The highest BCUT2D eigenvalue weighted by molar-refractivity contribution is 5.83. The minimum Gasteiger partial charge on any atom is -0.496 e. The number of carbonyl (C=O) groups is 1. The molecule has 0 bridgehead atoms. The van der Waals surface area contributed by atoms with E-state index in [0.717, 1.165) is 43.8 Å². The number of fused-ring (bicyclic) bond motifs is 1. The minimum absolute atomic E-state index is 0.0174. The Bertz CT molecular complexity index is 585. The number of aryl methyl sites for hydroxylation is 2. The average Bonchev–Trinajstić information content (AvgIpc) is 2.96. The molecule has 0 unspecified atom stereocenters. The maximum Gasteiger partial charge on any atom is 0.239 e. The number of benzene rings is 1. The lowest BCUT2D eigenvalue weighted by Gasteiger charge is -2.41. The maximum absolute atomic E-state index is 12.5. The van der Waals surface area contributed by atoms with E-state index in [1.807, 2.05) is 6.92 Å². The van der Waals surface area contributed by atoms with Crippen molar-refractivity contribution in [2.24, 2.45) is 0 Å². The molecule has 0 radical (unpaired) electrons. The molecule has 4 heteroatoms. The molecular formula is C18H26N2O2. The predicted octanol–water partition coefficient (Wildman–Crippen LogP) is 2.51. The van der Waals surface area contributed by atoms with Gasteiger partial charge < -0.3 is 9.64 Å². The van der Waals surface area contributed by atoms with Gasteiger partial charge in [-0.2, -0.15) is 0 Å². The molecule has 4 nitrogen and oxygen atoms in total. The van der Waals surface area contributed by atoms with Gasteiger partial charge in [0.25, 0.3) is 0 Å². The molecule has 2 atom stereocenters. The molecule has 3 rings (SSSR count). The summed E-state index contributed by atoms with van der Waals surface area (Å²) in [6.45, 7) is 9.02. The molecule has 2 heterocycles. The van der Waals surface area contributed by atoms with Crippen LogP contribution in [0.3, 0.4) is 0 Å². The number of nitrogens with zero attached hydrogens (tertiary/aromatic N) is 2. The smallest absolute Gasteiger partial charge is 0.239 e. The number of hydrogen-bond acceptors (Lipinski definition) is 3. The fourth-order valence-corrected chi connectivity index (χ4v) is 3.80. The Kier molecular flexibility index (Phi) is 4.13. The molecule has 0 aliphatic carbocycles. The third-order valence-electron chi connectivity index (χ3n) is 5.24. The predicted molar refractivity (Wildman–Crippen MR) is 87.1 cm³/mol. The third-order valence-corrected chi connectivity index (χ3v) is 5.24. The molecule has 22 heavy (non-hydrogen) atoms. The topological polar surface area (TPSA) is 32.8 Å². The van der Waals surface area contributed by atoms with Crippen LogP contribution < -0.4 is 4.74 Å². The summed E-state index contributed by atoms with van der Waals surface area (Å²) in [5.41, 5.74) is 3.68. The van der Waals surface area contributed by atoms with E-state index in [4.69, 9.17) is 4.74 Å². The molecule has 2 aliphatic heterocycles. The van der Waals surface area contributed by atoms with Crippen molar-refractivity contribution in [3.8, 4) is 5.75 Å². The van der Waals surface area contributed by atoms with Gasteiger partial charge >= 0.3 is 0 Å². The zero-order chi connectivity index (χ0) is 15.9. The van der Waals surface area contributed by atoms with Crippen molar-refractivity contribution in [3.05, 3.63) is 28.8 Å². The molecule has 0 aromatic heterocycles. The van der Waals surface area contributed by atoms with Crippen LogP contribution in [0.15, 0.2) is 12.1 Å². The van der Waals surface area contributed by atoms with E-state index in [-0.39, 0.29) is 6.04 Å². The van der Waals surface area contributed by atoms with E-state index >= 15 is 0 Å². The quantitative estimate of drug-likeness (QED) is 0.860. The van der Waals surface area contributed by atoms with Crippen molar-refractivity contribution in [3.63, 3.8) is 0 Å². The molecular weight excluding hydrogens is 276 g/mol. The van der Waals surface area contributed by atoms with Crippen LogP contribution in [0.5, 0.6) is 5.75 Å². The molecule has 1 aromatic rings. The Balaban J connectivity index is 1.80. The second-order valence-electron chi connectivity index (χ2n) is 6.68. The number of carbonyl (C=O) groups excluding carboxylic acids is 1. The van der Waals surface area contributed by atoms with Crippen molar-refractivity contribution in [2.75, 3.05) is 20.2 Å². The van der Waals surface area contributed by atoms with Crippen molar-refractivity contribution < 1.29 is 9.53 Å². The van der Waals surface area contributed by atoms with Crippen LogP contribution in [0, 0.1) is 13.8 Å². The van der Waals surface area contributed by atoms with Crippen LogP contribution in [0.25, 0.3) is 0 Å². The first-order valence-electron chi connectivity index (χ1n) is 8.20. The van der Waals surface area contributed by atoms with E-state index < -0.39 is 0 Å². The van der Waals surface area contributed by atoms with Crippen molar-refractivity contribution in [1.29, 1.82) is 0 Å². The second-order valence-corrected chi connectivity index (χ2v) is 6.68. The van der Waals surface area contributed by atoms with Gasteiger partial charge in [0.15, 0.2) is 0 Å². The first-order chi connectivity index (χ1) is 10.5. The fourth-order valence-electron chi connectivity index (χ4n) is 3.80. The molecule has 2 fully saturated rings. The van der Waals surface area contributed by atoms with Crippen LogP contribution in [0.1, 0.15) is 36.5 Å². The van der Waals surface area contributed by atoms with Gasteiger partial charge in [0.2, 0.25) is 5.91 Å².